The van der Waals surface area contributed by atoms with Crippen molar-refractivity contribution in [3.8, 4) is 5.75 Å². The van der Waals surface area contributed by atoms with E-state index in [4.69, 9.17) is 10.5 Å². The van der Waals surface area contributed by atoms with Crippen LogP contribution in [0.2, 0.25) is 0 Å². The molecule has 2 rings (SSSR count). The molecule has 1 fully saturated rings. The number of nitrogens with one attached hydrogen (secondary N) is 1. The van der Waals surface area contributed by atoms with Gasteiger partial charge in [-0.3, -0.25) is 0 Å². The van der Waals surface area contributed by atoms with Gasteiger partial charge in [-0.2, -0.15) is 0 Å². The number of rotatable bonds is 9. The van der Waals surface area contributed by atoms with Crippen molar-refractivity contribution >= 4 is 29.9 Å². The maximum atomic E-state index is 5.82. The van der Waals surface area contributed by atoms with Crippen molar-refractivity contribution in [3.05, 3.63) is 29.8 Å². The summed E-state index contributed by atoms with van der Waals surface area (Å²) in [5.41, 5.74) is 6.96. The summed E-state index contributed by atoms with van der Waals surface area (Å²) in [6.45, 7) is 8.75. The van der Waals surface area contributed by atoms with Crippen molar-refractivity contribution in [1.82, 2.24) is 10.2 Å². The largest absolute Gasteiger partial charge is 0.492 e. The molecule has 1 aliphatic carbocycles. The van der Waals surface area contributed by atoms with Crippen LogP contribution in [0.1, 0.15) is 32.3 Å². The fraction of sp³-hybridized carbons (Fsp3) is 0.588. The Hall–Kier alpha value is -1.02. The Labute approximate surface area is 156 Å². The van der Waals surface area contributed by atoms with Gasteiger partial charge >= 0.3 is 0 Å². The highest BCUT2D eigenvalue weighted by molar-refractivity contribution is 14.0. The van der Waals surface area contributed by atoms with Gasteiger partial charge in [0.05, 0.1) is 6.54 Å². The van der Waals surface area contributed by atoms with Crippen LogP contribution >= 0.6 is 24.0 Å². The molecular formula is C17H29IN4O. The number of likely N-dealkylation sites (N-methyl/N-ethyl adjacent to an activating group) is 1. The Kier molecular flexibility index (Phi) is 9.31. The van der Waals surface area contributed by atoms with Crippen molar-refractivity contribution in [2.24, 2.45) is 10.7 Å². The van der Waals surface area contributed by atoms with E-state index in [-0.39, 0.29) is 24.0 Å². The van der Waals surface area contributed by atoms with Gasteiger partial charge in [0.2, 0.25) is 0 Å². The summed E-state index contributed by atoms with van der Waals surface area (Å²) in [6, 6.07) is 8.63. The number of nitrogens with two attached hydrogens (primary N) is 1. The molecule has 0 aliphatic heterocycles. The molecular weight excluding hydrogens is 403 g/mol. The van der Waals surface area contributed by atoms with Crippen LogP contribution < -0.4 is 15.8 Å². The summed E-state index contributed by atoms with van der Waals surface area (Å²) in [7, 11) is 0. The van der Waals surface area contributed by atoms with Crippen molar-refractivity contribution in [1.29, 1.82) is 0 Å². The molecule has 0 unspecified atom stereocenters. The average Bonchev–Trinajstić information content (AvgIpc) is 3.35. The fourth-order valence-corrected chi connectivity index (χ4v) is 2.18. The second-order valence-electron chi connectivity index (χ2n) is 5.64. The van der Waals surface area contributed by atoms with Gasteiger partial charge in [-0.05, 0) is 43.6 Å². The van der Waals surface area contributed by atoms with Crippen LogP contribution in [0.15, 0.2) is 29.3 Å². The number of ether oxygens (including phenoxy) is 1. The third kappa shape index (κ3) is 7.87. The Balaban J connectivity index is 0.00000264. The third-order valence-electron chi connectivity index (χ3n) is 3.86. The molecule has 1 aromatic carbocycles. The molecule has 0 amide bonds. The standard InChI is InChI=1S/C17H28N4O.HI/c1-3-21(4-2)11-12-22-16-9-5-14(6-10-16)13-19-17(18)20-15-7-8-15;/h5-6,9-10,15H,3-4,7-8,11-13H2,1-2H3,(H3,18,19,20);1H. The molecule has 0 aromatic heterocycles. The van der Waals surface area contributed by atoms with Crippen LogP contribution in [0.3, 0.4) is 0 Å². The predicted molar refractivity (Wildman–Crippen MR) is 107 cm³/mol. The molecule has 0 bridgehead atoms. The first-order valence-corrected chi connectivity index (χ1v) is 8.21. The molecule has 23 heavy (non-hydrogen) atoms. The van der Waals surface area contributed by atoms with Crippen LogP contribution in [0.4, 0.5) is 0 Å². The van der Waals surface area contributed by atoms with E-state index >= 15 is 0 Å². The summed E-state index contributed by atoms with van der Waals surface area (Å²) in [4.78, 5) is 6.69. The number of nitrogens with zero attached hydrogens (tertiary/aromatic N) is 2. The van der Waals surface area contributed by atoms with Crippen molar-refractivity contribution in [2.75, 3.05) is 26.2 Å². The van der Waals surface area contributed by atoms with E-state index in [0.29, 0.717) is 18.5 Å². The lowest BCUT2D eigenvalue weighted by Gasteiger charge is -2.18. The van der Waals surface area contributed by atoms with Crippen LogP contribution in [0, 0.1) is 0 Å². The summed E-state index contributed by atoms with van der Waals surface area (Å²) >= 11 is 0. The van der Waals surface area contributed by atoms with Gasteiger partial charge in [0.1, 0.15) is 12.4 Å². The molecule has 0 radical (unpaired) electrons. The summed E-state index contributed by atoms with van der Waals surface area (Å²) < 4.78 is 5.77. The zero-order chi connectivity index (χ0) is 15.8. The molecule has 0 atom stereocenters. The zero-order valence-corrected chi connectivity index (χ0v) is 16.5. The highest BCUT2D eigenvalue weighted by atomic mass is 127. The molecule has 0 spiro atoms. The number of halogens is 1. The third-order valence-corrected chi connectivity index (χ3v) is 3.86. The van der Waals surface area contributed by atoms with E-state index in [0.717, 1.165) is 37.6 Å². The Bertz CT molecular complexity index is 470. The monoisotopic (exact) mass is 432 g/mol. The summed E-state index contributed by atoms with van der Waals surface area (Å²) in [6.07, 6.45) is 2.41. The first kappa shape index (κ1) is 20.0. The van der Waals surface area contributed by atoms with E-state index in [1.54, 1.807) is 0 Å². The Morgan fingerprint density at radius 1 is 1.26 bits per heavy atom. The molecule has 0 saturated heterocycles. The van der Waals surface area contributed by atoms with Crippen LogP contribution in [-0.2, 0) is 6.54 Å². The summed E-state index contributed by atoms with van der Waals surface area (Å²) in [5.74, 6) is 1.45. The number of hydrogen-bond acceptors (Lipinski definition) is 3. The maximum Gasteiger partial charge on any atom is 0.189 e. The Morgan fingerprint density at radius 3 is 2.48 bits per heavy atom. The van der Waals surface area contributed by atoms with E-state index < -0.39 is 0 Å². The highest BCUT2D eigenvalue weighted by Crippen LogP contribution is 2.18. The maximum absolute atomic E-state index is 5.82. The van der Waals surface area contributed by atoms with E-state index in [1.807, 2.05) is 24.3 Å². The van der Waals surface area contributed by atoms with Gasteiger partial charge in [0.25, 0.3) is 0 Å². The molecule has 3 N–H and O–H groups in total. The van der Waals surface area contributed by atoms with Crippen LogP contribution in [0.25, 0.3) is 0 Å². The van der Waals surface area contributed by atoms with Crippen molar-refractivity contribution in [2.45, 2.75) is 39.3 Å². The topological polar surface area (TPSA) is 62.9 Å². The van der Waals surface area contributed by atoms with Gasteiger partial charge in [0.15, 0.2) is 5.96 Å². The molecule has 6 heteroatoms. The van der Waals surface area contributed by atoms with Crippen LogP contribution in [-0.4, -0.2) is 43.1 Å². The average molecular weight is 432 g/mol. The van der Waals surface area contributed by atoms with Crippen molar-refractivity contribution in [3.63, 3.8) is 0 Å². The molecule has 5 nitrogen and oxygen atoms in total. The second-order valence-corrected chi connectivity index (χ2v) is 5.64. The minimum Gasteiger partial charge on any atom is -0.492 e. The van der Waals surface area contributed by atoms with Gasteiger partial charge in [-0.1, -0.05) is 26.0 Å². The number of hydrogen-bond donors (Lipinski definition) is 2. The fourth-order valence-electron chi connectivity index (χ4n) is 2.18. The Morgan fingerprint density at radius 2 is 1.91 bits per heavy atom. The molecule has 1 aromatic rings. The van der Waals surface area contributed by atoms with Crippen molar-refractivity contribution < 1.29 is 4.74 Å². The van der Waals surface area contributed by atoms with Gasteiger partial charge in [0, 0.05) is 12.6 Å². The van der Waals surface area contributed by atoms with Gasteiger partial charge in [-0.25, -0.2) is 4.99 Å². The normalized spacial score (nSPS) is 14.5. The highest BCUT2D eigenvalue weighted by Gasteiger charge is 2.21. The van der Waals surface area contributed by atoms with Crippen LogP contribution in [0.5, 0.6) is 5.75 Å². The van der Waals surface area contributed by atoms with E-state index in [9.17, 15) is 0 Å². The van der Waals surface area contributed by atoms with E-state index in [2.05, 4.69) is 29.1 Å². The minimum atomic E-state index is 0. The summed E-state index contributed by atoms with van der Waals surface area (Å²) in [5, 5.41) is 3.18. The number of benzene rings is 1. The van der Waals surface area contributed by atoms with E-state index in [1.165, 1.54) is 12.8 Å². The van der Waals surface area contributed by atoms with Gasteiger partial charge in [-0.15, -0.1) is 24.0 Å². The smallest absolute Gasteiger partial charge is 0.189 e. The predicted octanol–water partition coefficient (Wildman–Crippen LogP) is 2.59. The molecule has 1 aliphatic rings. The minimum absolute atomic E-state index is 0. The SMILES string of the molecule is CCN(CC)CCOc1ccc(CN=C(N)NC2CC2)cc1.I. The number of guanidine groups is 1. The first-order valence-electron chi connectivity index (χ1n) is 8.21. The molecule has 1 saturated carbocycles. The number of aliphatic imine (C=N–C) groups is 1. The molecule has 0 heterocycles. The second kappa shape index (κ2) is 10.7. The lowest BCUT2D eigenvalue weighted by molar-refractivity contribution is 0.223. The first-order chi connectivity index (χ1) is 10.7. The lowest BCUT2D eigenvalue weighted by atomic mass is 10.2. The lowest BCUT2D eigenvalue weighted by Crippen LogP contribution is -2.33. The quantitative estimate of drug-likeness (QED) is 0.358. The molecule has 130 valence electrons. The van der Waals surface area contributed by atoms with Gasteiger partial charge < -0.3 is 20.7 Å². The zero-order valence-electron chi connectivity index (χ0n) is 14.1.